The van der Waals surface area contributed by atoms with Gasteiger partial charge in [-0.25, -0.2) is 9.18 Å². The maximum absolute atomic E-state index is 13.4. The summed E-state index contributed by atoms with van der Waals surface area (Å²) in [5.41, 5.74) is 0.852. The Balaban J connectivity index is 1.90. The van der Waals surface area contributed by atoms with Crippen molar-refractivity contribution in [2.45, 2.75) is 0 Å². The standard InChI is InChI=1S/C18H13FN2O4/c1-25-18(24)11-4-2-3-5-15(11)21-17(23)16(22)13-9-20-14-7-6-10(19)8-12(13)14/h2-9,20H,1H3,(H,21,23). The van der Waals surface area contributed by atoms with Crippen LogP contribution in [0.2, 0.25) is 0 Å². The SMILES string of the molecule is COC(=O)c1ccccc1NC(=O)C(=O)c1c[nH]c2ccc(F)cc12. The Kier molecular flexibility index (Phi) is 4.30. The Morgan fingerprint density at radius 3 is 2.60 bits per heavy atom. The first-order chi connectivity index (χ1) is 12.0. The molecule has 0 bridgehead atoms. The molecule has 1 aromatic heterocycles. The Labute approximate surface area is 141 Å². The fourth-order valence-corrected chi connectivity index (χ4v) is 2.46. The van der Waals surface area contributed by atoms with Crippen LogP contribution in [0.4, 0.5) is 10.1 Å². The highest BCUT2D eigenvalue weighted by Crippen LogP contribution is 2.21. The normalized spacial score (nSPS) is 10.5. The molecule has 0 saturated heterocycles. The van der Waals surface area contributed by atoms with Gasteiger partial charge in [-0.1, -0.05) is 12.1 Å². The number of fused-ring (bicyclic) bond motifs is 1. The molecule has 0 spiro atoms. The number of ether oxygens (including phenoxy) is 1. The highest BCUT2D eigenvalue weighted by atomic mass is 19.1. The van der Waals surface area contributed by atoms with E-state index in [-0.39, 0.29) is 16.8 Å². The average Bonchev–Trinajstić information content (AvgIpc) is 3.03. The van der Waals surface area contributed by atoms with Crippen molar-refractivity contribution in [3.8, 4) is 0 Å². The van der Waals surface area contributed by atoms with Gasteiger partial charge in [0.2, 0.25) is 0 Å². The van der Waals surface area contributed by atoms with E-state index in [2.05, 4.69) is 15.0 Å². The van der Waals surface area contributed by atoms with Gasteiger partial charge in [0.1, 0.15) is 5.82 Å². The molecule has 25 heavy (non-hydrogen) atoms. The van der Waals surface area contributed by atoms with Crippen molar-refractivity contribution >= 4 is 34.3 Å². The number of hydrogen-bond donors (Lipinski definition) is 2. The highest BCUT2D eigenvalue weighted by molar-refractivity contribution is 6.48. The van der Waals surface area contributed by atoms with Crippen LogP contribution in [0.5, 0.6) is 0 Å². The maximum Gasteiger partial charge on any atom is 0.339 e. The summed E-state index contributed by atoms with van der Waals surface area (Å²) >= 11 is 0. The van der Waals surface area contributed by atoms with Gasteiger partial charge in [-0.2, -0.15) is 0 Å². The summed E-state index contributed by atoms with van der Waals surface area (Å²) in [6.07, 6.45) is 1.35. The summed E-state index contributed by atoms with van der Waals surface area (Å²) in [4.78, 5) is 39.2. The van der Waals surface area contributed by atoms with Gasteiger partial charge in [0.05, 0.1) is 23.9 Å². The third kappa shape index (κ3) is 3.12. The minimum absolute atomic E-state index is 0.0440. The van der Waals surface area contributed by atoms with E-state index in [0.29, 0.717) is 10.9 Å². The molecule has 6 nitrogen and oxygen atoms in total. The summed E-state index contributed by atoms with van der Waals surface area (Å²) in [6.45, 7) is 0. The van der Waals surface area contributed by atoms with E-state index >= 15 is 0 Å². The number of H-pyrrole nitrogens is 1. The molecular formula is C18H13FN2O4. The molecule has 2 N–H and O–H groups in total. The van der Waals surface area contributed by atoms with Crippen LogP contribution >= 0.6 is 0 Å². The number of ketones is 1. The second-order valence-corrected chi connectivity index (χ2v) is 5.21. The van der Waals surface area contributed by atoms with Gasteiger partial charge in [0.25, 0.3) is 11.7 Å². The Bertz CT molecular complexity index is 994. The predicted octanol–water partition coefficient (Wildman–Crippen LogP) is 2.92. The Hall–Kier alpha value is -3.48. The number of methoxy groups -OCH3 is 1. The number of esters is 1. The molecule has 0 saturated carbocycles. The van der Waals surface area contributed by atoms with Gasteiger partial charge in [0.15, 0.2) is 0 Å². The van der Waals surface area contributed by atoms with Crippen LogP contribution in [0.1, 0.15) is 20.7 Å². The topological polar surface area (TPSA) is 88.3 Å². The highest BCUT2D eigenvalue weighted by Gasteiger charge is 2.22. The van der Waals surface area contributed by atoms with E-state index in [4.69, 9.17) is 0 Å². The van der Waals surface area contributed by atoms with Crippen molar-refractivity contribution in [3.05, 3.63) is 65.6 Å². The van der Waals surface area contributed by atoms with Crippen molar-refractivity contribution in [3.63, 3.8) is 0 Å². The quantitative estimate of drug-likeness (QED) is 0.434. The molecule has 2 aromatic carbocycles. The van der Waals surface area contributed by atoms with Gasteiger partial charge < -0.3 is 15.0 Å². The minimum Gasteiger partial charge on any atom is -0.465 e. The second-order valence-electron chi connectivity index (χ2n) is 5.21. The Morgan fingerprint density at radius 2 is 1.84 bits per heavy atom. The molecule has 0 atom stereocenters. The molecule has 126 valence electrons. The first kappa shape index (κ1) is 16.4. The lowest BCUT2D eigenvalue weighted by molar-refractivity contribution is -0.112. The van der Waals surface area contributed by atoms with Crippen LogP contribution in [0.15, 0.2) is 48.7 Å². The van der Waals surface area contributed by atoms with Gasteiger partial charge in [-0.15, -0.1) is 0 Å². The number of para-hydroxylation sites is 1. The van der Waals surface area contributed by atoms with Gasteiger partial charge in [0, 0.05) is 17.1 Å². The zero-order valence-corrected chi connectivity index (χ0v) is 13.1. The average molecular weight is 340 g/mol. The summed E-state index contributed by atoms with van der Waals surface area (Å²) in [6, 6.07) is 10.1. The number of anilines is 1. The summed E-state index contributed by atoms with van der Waals surface area (Å²) in [5.74, 6) is -2.95. The van der Waals surface area contributed by atoms with Crippen molar-refractivity contribution in [2.24, 2.45) is 0 Å². The first-order valence-corrected chi connectivity index (χ1v) is 7.31. The number of benzene rings is 2. The first-order valence-electron chi connectivity index (χ1n) is 7.31. The van der Waals surface area contributed by atoms with E-state index in [1.54, 1.807) is 12.1 Å². The lowest BCUT2D eigenvalue weighted by Crippen LogP contribution is -2.24. The third-order valence-electron chi connectivity index (χ3n) is 3.68. The second kappa shape index (κ2) is 6.56. The van der Waals surface area contributed by atoms with Crippen LogP contribution in [-0.4, -0.2) is 29.8 Å². The number of aromatic amines is 1. The van der Waals surface area contributed by atoms with Crippen LogP contribution in [0, 0.1) is 5.82 Å². The number of Topliss-reactive ketones (excluding diaryl/α,β-unsaturated/α-hetero) is 1. The lowest BCUT2D eigenvalue weighted by Gasteiger charge is -2.08. The van der Waals surface area contributed by atoms with Gasteiger partial charge >= 0.3 is 5.97 Å². The van der Waals surface area contributed by atoms with Crippen LogP contribution < -0.4 is 5.32 Å². The smallest absolute Gasteiger partial charge is 0.339 e. The molecule has 1 amide bonds. The van der Waals surface area contributed by atoms with Gasteiger partial charge in [-0.05, 0) is 30.3 Å². The number of aromatic nitrogens is 1. The number of hydrogen-bond acceptors (Lipinski definition) is 4. The maximum atomic E-state index is 13.4. The number of carbonyl (C=O) groups excluding carboxylic acids is 3. The number of carbonyl (C=O) groups is 3. The van der Waals surface area contributed by atoms with E-state index < -0.39 is 23.5 Å². The van der Waals surface area contributed by atoms with Crippen molar-refractivity contribution in [2.75, 3.05) is 12.4 Å². The molecule has 7 heteroatoms. The monoisotopic (exact) mass is 340 g/mol. The number of halogens is 1. The molecule has 0 aliphatic heterocycles. The zero-order valence-electron chi connectivity index (χ0n) is 13.1. The molecule has 0 aliphatic rings. The molecule has 0 unspecified atom stereocenters. The lowest BCUT2D eigenvalue weighted by atomic mass is 10.1. The van der Waals surface area contributed by atoms with Crippen LogP contribution in [0.25, 0.3) is 10.9 Å². The minimum atomic E-state index is -0.943. The van der Waals surface area contributed by atoms with E-state index in [0.717, 1.165) is 0 Å². The summed E-state index contributed by atoms with van der Waals surface area (Å²) in [5, 5.41) is 2.70. The zero-order chi connectivity index (χ0) is 18.0. The molecule has 0 radical (unpaired) electrons. The van der Waals surface area contributed by atoms with Crippen molar-refractivity contribution < 1.29 is 23.5 Å². The number of rotatable bonds is 4. The summed E-state index contributed by atoms with van der Waals surface area (Å²) in [7, 11) is 1.21. The van der Waals surface area contributed by atoms with E-state index in [1.807, 2.05) is 0 Å². The van der Waals surface area contributed by atoms with Gasteiger partial charge in [-0.3, -0.25) is 9.59 Å². The molecular weight excluding hydrogens is 327 g/mol. The summed E-state index contributed by atoms with van der Waals surface area (Å²) < 4.78 is 18.0. The Morgan fingerprint density at radius 1 is 1.08 bits per heavy atom. The molecule has 1 heterocycles. The van der Waals surface area contributed by atoms with E-state index in [9.17, 15) is 18.8 Å². The fourth-order valence-electron chi connectivity index (χ4n) is 2.46. The molecule has 0 fully saturated rings. The largest absolute Gasteiger partial charge is 0.465 e. The number of nitrogens with one attached hydrogen (secondary N) is 2. The predicted molar refractivity (Wildman–Crippen MR) is 89.0 cm³/mol. The molecule has 3 aromatic rings. The van der Waals surface area contributed by atoms with Crippen molar-refractivity contribution in [1.29, 1.82) is 0 Å². The fraction of sp³-hybridized carbons (Fsp3) is 0.0556. The van der Waals surface area contributed by atoms with Crippen LogP contribution in [0.3, 0.4) is 0 Å². The third-order valence-corrected chi connectivity index (χ3v) is 3.68. The van der Waals surface area contributed by atoms with Crippen LogP contribution in [-0.2, 0) is 9.53 Å². The molecule has 0 aliphatic carbocycles. The molecule has 3 rings (SSSR count). The number of amides is 1. The van der Waals surface area contributed by atoms with E-state index in [1.165, 1.54) is 43.6 Å². The van der Waals surface area contributed by atoms with Crippen molar-refractivity contribution in [1.82, 2.24) is 4.98 Å².